The molecule has 0 aliphatic carbocycles. The summed E-state index contributed by atoms with van der Waals surface area (Å²) in [5.41, 5.74) is 2.28. The molecule has 0 aromatic heterocycles. The number of carbonyl (C=O) groups is 2. The van der Waals surface area contributed by atoms with Crippen molar-refractivity contribution in [3.63, 3.8) is 0 Å². The number of rotatable bonds is 6. The van der Waals surface area contributed by atoms with E-state index in [9.17, 15) is 9.59 Å². The lowest BCUT2D eigenvalue weighted by molar-refractivity contribution is -0.130. The van der Waals surface area contributed by atoms with Gasteiger partial charge in [-0.1, -0.05) is 36.0 Å². The van der Waals surface area contributed by atoms with Crippen molar-refractivity contribution >= 4 is 35.0 Å². The fourth-order valence-corrected chi connectivity index (χ4v) is 4.85. The minimum Gasteiger partial charge on any atom is -0.356 e. The highest BCUT2D eigenvalue weighted by Crippen LogP contribution is 2.47. The van der Waals surface area contributed by atoms with Crippen LogP contribution in [0.3, 0.4) is 0 Å². The van der Waals surface area contributed by atoms with Gasteiger partial charge >= 0.3 is 0 Å². The maximum atomic E-state index is 12.3. The van der Waals surface area contributed by atoms with Crippen LogP contribution in [0.5, 0.6) is 0 Å². The van der Waals surface area contributed by atoms with Crippen LogP contribution in [-0.2, 0) is 9.59 Å². The number of likely N-dealkylation sites (tertiary alicyclic amines) is 1. The first-order chi connectivity index (χ1) is 13.7. The Morgan fingerprint density at radius 3 is 2.14 bits per heavy atom. The van der Waals surface area contributed by atoms with Gasteiger partial charge < -0.3 is 15.1 Å². The summed E-state index contributed by atoms with van der Waals surface area (Å²) in [5, 5.41) is 2.91. The standard InChI is InChI=1S/C22H25N3O2S/c26-21(23-13-11-22(27)24-14-5-6-15-24)12-16-25-17-7-1-3-9-19(17)28-20-10-4-2-8-18(20)25/h1-4,7-10H,5-6,11-16H2,(H,23,26). The van der Waals surface area contributed by atoms with E-state index >= 15 is 0 Å². The predicted molar refractivity (Wildman–Crippen MR) is 112 cm³/mol. The molecule has 0 saturated carbocycles. The van der Waals surface area contributed by atoms with Crippen molar-refractivity contribution in [1.82, 2.24) is 10.2 Å². The minimum atomic E-state index is -0.0117. The average Bonchev–Trinajstić information content (AvgIpc) is 3.26. The van der Waals surface area contributed by atoms with Crippen LogP contribution in [-0.4, -0.2) is 42.9 Å². The Balaban J connectivity index is 1.33. The van der Waals surface area contributed by atoms with E-state index < -0.39 is 0 Å². The number of amides is 2. The first-order valence-corrected chi connectivity index (χ1v) is 10.7. The van der Waals surface area contributed by atoms with Gasteiger partial charge in [0.15, 0.2) is 0 Å². The molecule has 5 nitrogen and oxygen atoms in total. The third-order valence-corrected chi connectivity index (χ3v) is 6.34. The van der Waals surface area contributed by atoms with E-state index in [1.165, 1.54) is 9.79 Å². The fraction of sp³-hybridized carbons (Fsp3) is 0.364. The summed E-state index contributed by atoms with van der Waals surface area (Å²) < 4.78 is 0. The van der Waals surface area contributed by atoms with Crippen molar-refractivity contribution < 1.29 is 9.59 Å². The van der Waals surface area contributed by atoms with Gasteiger partial charge in [-0.05, 0) is 37.1 Å². The maximum absolute atomic E-state index is 12.3. The number of fused-ring (bicyclic) bond motifs is 2. The highest BCUT2D eigenvalue weighted by molar-refractivity contribution is 7.99. The molecule has 28 heavy (non-hydrogen) atoms. The van der Waals surface area contributed by atoms with Gasteiger partial charge in [0.1, 0.15) is 0 Å². The number of para-hydroxylation sites is 2. The summed E-state index contributed by atoms with van der Waals surface area (Å²) in [6.45, 7) is 2.74. The second-order valence-corrected chi connectivity index (χ2v) is 8.21. The Hall–Kier alpha value is -2.47. The van der Waals surface area contributed by atoms with E-state index in [2.05, 4.69) is 34.5 Å². The molecular weight excluding hydrogens is 370 g/mol. The molecule has 2 aliphatic heterocycles. The summed E-state index contributed by atoms with van der Waals surface area (Å²) in [6, 6.07) is 16.6. The molecule has 0 bridgehead atoms. The molecule has 2 aliphatic rings. The van der Waals surface area contributed by atoms with E-state index in [0.717, 1.165) is 37.3 Å². The Morgan fingerprint density at radius 2 is 1.50 bits per heavy atom. The van der Waals surface area contributed by atoms with Crippen LogP contribution in [0, 0.1) is 0 Å². The monoisotopic (exact) mass is 395 g/mol. The van der Waals surface area contributed by atoms with Crippen molar-refractivity contribution in [3.05, 3.63) is 48.5 Å². The van der Waals surface area contributed by atoms with E-state index in [0.29, 0.717) is 25.9 Å². The Labute approximate surface area is 170 Å². The van der Waals surface area contributed by atoms with Crippen molar-refractivity contribution in [1.29, 1.82) is 0 Å². The predicted octanol–water partition coefficient (Wildman–Crippen LogP) is 3.81. The second-order valence-electron chi connectivity index (χ2n) is 7.13. The number of nitrogens with one attached hydrogen (secondary N) is 1. The van der Waals surface area contributed by atoms with E-state index in [1.54, 1.807) is 11.8 Å². The highest BCUT2D eigenvalue weighted by atomic mass is 32.2. The average molecular weight is 396 g/mol. The molecular formula is C22H25N3O2S. The Kier molecular flexibility index (Phi) is 5.86. The normalized spacial score (nSPS) is 15.1. The molecule has 2 heterocycles. The summed E-state index contributed by atoms with van der Waals surface area (Å²) in [4.78, 5) is 30.9. The molecule has 2 aromatic rings. The molecule has 6 heteroatoms. The van der Waals surface area contributed by atoms with Gasteiger partial charge in [0.05, 0.1) is 11.4 Å². The summed E-state index contributed by atoms with van der Waals surface area (Å²) in [6.07, 6.45) is 2.97. The molecule has 146 valence electrons. The maximum Gasteiger partial charge on any atom is 0.224 e. The number of carbonyl (C=O) groups excluding carboxylic acids is 2. The Morgan fingerprint density at radius 1 is 0.893 bits per heavy atom. The summed E-state index contributed by atoms with van der Waals surface area (Å²) in [5.74, 6) is 0.135. The van der Waals surface area contributed by atoms with Crippen LogP contribution < -0.4 is 10.2 Å². The molecule has 2 aromatic carbocycles. The second kappa shape index (κ2) is 8.69. The van der Waals surface area contributed by atoms with Crippen LogP contribution in [0.25, 0.3) is 0 Å². The van der Waals surface area contributed by atoms with Crippen LogP contribution in [0.4, 0.5) is 11.4 Å². The van der Waals surface area contributed by atoms with Crippen molar-refractivity contribution in [2.24, 2.45) is 0 Å². The fourth-order valence-electron chi connectivity index (χ4n) is 3.76. The van der Waals surface area contributed by atoms with E-state index in [-0.39, 0.29) is 11.8 Å². The zero-order valence-electron chi connectivity index (χ0n) is 15.9. The minimum absolute atomic E-state index is 0.0117. The molecule has 4 rings (SSSR count). The Bertz CT molecular complexity index is 819. The lowest BCUT2D eigenvalue weighted by atomic mass is 10.2. The lowest BCUT2D eigenvalue weighted by Gasteiger charge is -2.32. The van der Waals surface area contributed by atoms with Crippen LogP contribution in [0.2, 0.25) is 0 Å². The SMILES string of the molecule is O=C(CCN1c2ccccc2Sc2ccccc21)NCCC(=O)N1CCCC1. The van der Waals surface area contributed by atoms with E-state index in [4.69, 9.17) is 0 Å². The van der Waals surface area contributed by atoms with Gasteiger partial charge in [-0.2, -0.15) is 0 Å². The van der Waals surface area contributed by atoms with E-state index in [1.807, 2.05) is 29.2 Å². The highest BCUT2D eigenvalue weighted by Gasteiger charge is 2.23. The van der Waals surface area contributed by atoms with Crippen LogP contribution in [0.1, 0.15) is 25.7 Å². The van der Waals surface area contributed by atoms with Gasteiger partial charge in [-0.3, -0.25) is 9.59 Å². The molecule has 1 saturated heterocycles. The molecule has 0 radical (unpaired) electrons. The van der Waals surface area contributed by atoms with Crippen molar-refractivity contribution in [2.75, 3.05) is 31.1 Å². The smallest absolute Gasteiger partial charge is 0.224 e. The molecule has 0 atom stereocenters. The van der Waals surface area contributed by atoms with Gasteiger partial charge in [0.2, 0.25) is 11.8 Å². The summed E-state index contributed by atoms with van der Waals surface area (Å²) >= 11 is 1.77. The molecule has 1 N–H and O–H groups in total. The van der Waals surface area contributed by atoms with Gasteiger partial charge in [-0.15, -0.1) is 0 Å². The number of nitrogens with zero attached hydrogens (tertiary/aromatic N) is 2. The number of anilines is 2. The van der Waals surface area contributed by atoms with Crippen molar-refractivity contribution in [3.8, 4) is 0 Å². The number of hydrogen-bond acceptors (Lipinski definition) is 4. The number of hydrogen-bond donors (Lipinski definition) is 1. The van der Waals surface area contributed by atoms with Crippen LogP contribution >= 0.6 is 11.8 Å². The summed E-state index contributed by atoms with van der Waals surface area (Å²) in [7, 11) is 0. The first-order valence-electron chi connectivity index (χ1n) is 9.90. The molecule has 2 amide bonds. The quantitative estimate of drug-likeness (QED) is 0.808. The molecule has 1 fully saturated rings. The molecule has 0 spiro atoms. The molecule has 0 unspecified atom stereocenters. The third-order valence-electron chi connectivity index (χ3n) is 5.21. The third kappa shape index (κ3) is 4.17. The van der Waals surface area contributed by atoms with Gasteiger partial charge in [-0.25, -0.2) is 0 Å². The van der Waals surface area contributed by atoms with Crippen molar-refractivity contribution in [2.45, 2.75) is 35.5 Å². The zero-order chi connectivity index (χ0) is 19.3. The first kappa shape index (κ1) is 18.9. The van der Waals surface area contributed by atoms with Gasteiger partial charge in [0.25, 0.3) is 0 Å². The largest absolute Gasteiger partial charge is 0.356 e. The van der Waals surface area contributed by atoms with Crippen LogP contribution in [0.15, 0.2) is 58.3 Å². The topological polar surface area (TPSA) is 52.7 Å². The zero-order valence-corrected chi connectivity index (χ0v) is 16.7. The van der Waals surface area contributed by atoms with Gasteiger partial charge in [0, 0.05) is 48.8 Å². The number of benzene rings is 2. The lowest BCUT2D eigenvalue weighted by Crippen LogP contribution is -2.34.